The van der Waals surface area contributed by atoms with Crippen LogP contribution in [0.2, 0.25) is 0 Å². The maximum absolute atomic E-state index is 13.1. The van der Waals surface area contributed by atoms with Crippen molar-refractivity contribution in [2.45, 2.75) is 413 Å². The van der Waals surface area contributed by atoms with Crippen molar-refractivity contribution in [1.82, 2.24) is 0 Å². The van der Waals surface area contributed by atoms with Gasteiger partial charge in [-0.3, -0.25) is 37.3 Å². The first kappa shape index (κ1) is 93.1. The Morgan fingerprint density at radius 1 is 0.284 bits per heavy atom. The zero-order chi connectivity index (χ0) is 70.0. The first-order valence-electron chi connectivity index (χ1n) is 39.5. The minimum Gasteiger partial charge on any atom is -0.462 e. The van der Waals surface area contributed by atoms with Gasteiger partial charge in [-0.15, -0.1) is 0 Å². The number of esters is 4. The molecule has 17 nitrogen and oxygen atoms in total. The molecular formula is C76H148O17P2. The van der Waals surface area contributed by atoms with Gasteiger partial charge in [0.25, 0.3) is 0 Å². The number of carbonyl (C=O) groups excluding carboxylic acids is 4. The molecule has 0 bridgehead atoms. The summed E-state index contributed by atoms with van der Waals surface area (Å²) in [6.45, 7) is 9.60. The van der Waals surface area contributed by atoms with E-state index in [0.717, 1.165) is 102 Å². The molecule has 0 aliphatic rings. The summed E-state index contributed by atoms with van der Waals surface area (Å²) in [5, 5.41) is 10.6. The first-order valence-corrected chi connectivity index (χ1v) is 42.5. The second-order valence-electron chi connectivity index (χ2n) is 28.3. The van der Waals surface area contributed by atoms with Gasteiger partial charge in [-0.2, -0.15) is 0 Å². The van der Waals surface area contributed by atoms with Gasteiger partial charge >= 0.3 is 39.5 Å². The van der Waals surface area contributed by atoms with E-state index in [1.165, 1.54) is 212 Å². The number of hydrogen-bond donors (Lipinski definition) is 3. The van der Waals surface area contributed by atoms with Gasteiger partial charge in [-0.05, 0) is 37.5 Å². The molecule has 0 aliphatic carbocycles. The van der Waals surface area contributed by atoms with Crippen LogP contribution in [0.4, 0.5) is 0 Å². The lowest BCUT2D eigenvalue weighted by Crippen LogP contribution is -2.30. The summed E-state index contributed by atoms with van der Waals surface area (Å²) in [6, 6.07) is 0. The van der Waals surface area contributed by atoms with Crippen LogP contribution in [0.5, 0.6) is 0 Å². The summed E-state index contributed by atoms with van der Waals surface area (Å²) in [7, 11) is -9.91. The Bertz CT molecular complexity index is 1840. The SMILES string of the molecule is CCCCCCCCCCCCCCCCC(=O)OC[C@H](COP(=O)(O)OC[C@@H](O)COP(=O)(O)OC[C@@H](COC(=O)CCCCCCCCCCCC)OC(=O)CCCCCCCCCCCC(C)C)OC(=O)CCCCCCCCCCCCCCCCCCC(C)C. The van der Waals surface area contributed by atoms with Crippen LogP contribution in [-0.4, -0.2) is 96.7 Å². The molecule has 0 aliphatic heterocycles. The van der Waals surface area contributed by atoms with Crippen LogP contribution in [0.25, 0.3) is 0 Å². The molecule has 5 atom stereocenters. The number of aliphatic hydroxyl groups is 1. The average Bonchev–Trinajstić information content (AvgIpc) is 1.33. The van der Waals surface area contributed by atoms with Gasteiger partial charge in [0.05, 0.1) is 26.4 Å². The lowest BCUT2D eigenvalue weighted by Gasteiger charge is -2.21. The number of aliphatic hydroxyl groups excluding tert-OH is 1. The third kappa shape index (κ3) is 70.3. The monoisotopic (exact) mass is 1400 g/mol. The molecule has 19 heteroatoms. The summed E-state index contributed by atoms with van der Waals surface area (Å²) in [6.07, 6.45) is 55.4. The number of rotatable bonds is 75. The van der Waals surface area contributed by atoms with E-state index in [0.29, 0.717) is 25.7 Å². The molecule has 0 radical (unpaired) electrons. The van der Waals surface area contributed by atoms with Gasteiger partial charge in [0.1, 0.15) is 19.3 Å². The number of carbonyl (C=O) groups is 4. The lowest BCUT2D eigenvalue weighted by molar-refractivity contribution is -0.161. The largest absolute Gasteiger partial charge is 0.472 e. The van der Waals surface area contributed by atoms with E-state index in [2.05, 4.69) is 41.5 Å². The van der Waals surface area contributed by atoms with Crippen molar-refractivity contribution < 1.29 is 80.2 Å². The van der Waals surface area contributed by atoms with E-state index >= 15 is 0 Å². The zero-order valence-electron chi connectivity index (χ0n) is 62.0. The molecule has 95 heavy (non-hydrogen) atoms. The van der Waals surface area contributed by atoms with Crippen molar-refractivity contribution in [3.8, 4) is 0 Å². The Balaban J connectivity index is 5.23. The Morgan fingerprint density at radius 2 is 0.484 bits per heavy atom. The molecule has 0 spiro atoms. The molecule has 0 aromatic rings. The summed E-state index contributed by atoms with van der Waals surface area (Å²) >= 11 is 0. The molecule has 564 valence electrons. The molecular weight excluding hydrogens is 1250 g/mol. The smallest absolute Gasteiger partial charge is 0.462 e. The van der Waals surface area contributed by atoms with Crippen LogP contribution in [0.15, 0.2) is 0 Å². The summed E-state index contributed by atoms with van der Waals surface area (Å²) in [5.41, 5.74) is 0. The maximum atomic E-state index is 13.1. The standard InChI is InChI=1S/C76H148O17P2/c1-7-9-11-13-15-17-19-20-26-29-35-41-47-53-59-74(79)87-65-71(92-75(80)60-54-48-42-36-30-27-24-22-21-23-25-28-32-38-44-50-56-68(3)4)66-90-94(82,83)88-62-70(77)63-89-95(84,85)91-67-72(64-86-73(78)58-52-46-40-34-18-16-14-12-10-8-2)93-76(81)61-55-49-43-37-31-33-39-45-51-57-69(5)6/h68-72,77H,7-67H2,1-6H3,(H,82,83)(H,84,85)/t70-,71-,72-/m1/s1. The van der Waals surface area contributed by atoms with Crippen molar-refractivity contribution in [3.63, 3.8) is 0 Å². The maximum Gasteiger partial charge on any atom is 0.472 e. The third-order valence-electron chi connectivity index (χ3n) is 17.7. The van der Waals surface area contributed by atoms with E-state index in [-0.39, 0.29) is 25.7 Å². The van der Waals surface area contributed by atoms with Crippen molar-refractivity contribution in [2.24, 2.45) is 11.8 Å². The van der Waals surface area contributed by atoms with Crippen molar-refractivity contribution in [2.75, 3.05) is 39.6 Å². The minimum atomic E-state index is -4.96. The van der Waals surface area contributed by atoms with Gasteiger partial charge in [-0.1, -0.05) is 343 Å². The topological polar surface area (TPSA) is 237 Å². The van der Waals surface area contributed by atoms with Gasteiger partial charge in [0, 0.05) is 25.7 Å². The fraction of sp³-hybridized carbons (Fsp3) is 0.947. The van der Waals surface area contributed by atoms with Gasteiger partial charge in [0.2, 0.25) is 0 Å². The Kier molecular flexibility index (Phi) is 66.5. The van der Waals surface area contributed by atoms with Crippen LogP contribution in [0.1, 0.15) is 395 Å². The van der Waals surface area contributed by atoms with Crippen LogP contribution in [0, 0.1) is 11.8 Å². The highest BCUT2D eigenvalue weighted by Gasteiger charge is 2.30. The second-order valence-corrected chi connectivity index (χ2v) is 31.3. The van der Waals surface area contributed by atoms with Gasteiger partial charge < -0.3 is 33.8 Å². The third-order valence-corrected chi connectivity index (χ3v) is 19.6. The fourth-order valence-corrected chi connectivity index (χ4v) is 13.2. The molecule has 0 saturated heterocycles. The molecule has 0 rings (SSSR count). The number of ether oxygens (including phenoxy) is 4. The van der Waals surface area contributed by atoms with Crippen LogP contribution >= 0.6 is 15.6 Å². The fourth-order valence-electron chi connectivity index (χ4n) is 11.7. The second kappa shape index (κ2) is 67.9. The van der Waals surface area contributed by atoms with E-state index in [4.69, 9.17) is 37.0 Å². The van der Waals surface area contributed by atoms with Gasteiger partial charge in [-0.25, -0.2) is 9.13 Å². The molecule has 0 aromatic carbocycles. The predicted molar refractivity (Wildman–Crippen MR) is 386 cm³/mol. The minimum absolute atomic E-state index is 0.106. The highest BCUT2D eigenvalue weighted by Crippen LogP contribution is 2.45. The zero-order valence-corrected chi connectivity index (χ0v) is 63.8. The number of hydrogen-bond acceptors (Lipinski definition) is 15. The number of phosphoric acid groups is 2. The highest BCUT2D eigenvalue weighted by molar-refractivity contribution is 7.47. The predicted octanol–water partition coefficient (Wildman–Crippen LogP) is 22.3. The van der Waals surface area contributed by atoms with Crippen molar-refractivity contribution >= 4 is 39.5 Å². The van der Waals surface area contributed by atoms with Gasteiger partial charge in [0.15, 0.2) is 12.2 Å². The summed E-state index contributed by atoms with van der Waals surface area (Å²) < 4.78 is 68.5. The highest BCUT2D eigenvalue weighted by atomic mass is 31.2. The van der Waals surface area contributed by atoms with Crippen molar-refractivity contribution in [3.05, 3.63) is 0 Å². The molecule has 0 heterocycles. The Labute approximate surface area is 581 Å². The number of phosphoric ester groups is 2. The van der Waals surface area contributed by atoms with E-state index in [1.807, 2.05) is 0 Å². The number of unbranched alkanes of at least 4 members (excludes halogenated alkanes) is 45. The lowest BCUT2D eigenvalue weighted by atomic mass is 10.0. The molecule has 3 N–H and O–H groups in total. The normalized spacial score (nSPS) is 14.0. The molecule has 0 aromatic heterocycles. The Hall–Kier alpha value is -1.94. The van der Waals surface area contributed by atoms with Crippen LogP contribution in [-0.2, 0) is 65.4 Å². The molecule has 0 amide bonds. The molecule has 0 saturated carbocycles. The van der Waals surface area contributed by atoms with E-state index < -0.39 is 97.5 Å². The quantitative estimate of drug-likeness (QED) is 0.0222. The van der Waals surface area contributed by atoms with Crippen LogP contribution < -0.4 is 0 Å². The average molecular weight is 1400 g/mol. The summed E-state index contributed by atoms with van der Waals surface area (Å²) in [5.74, 6) is -0.569. The Morgan fingerprint density at radius 3 is 0.716 bits per heavy atom. The summed E-state index contributed by atoms with van der Waals surface area (Å²) in [4.78, 5) is 72.8. The van der Waals surface area contributed by atoms with Crippen LogP contribution in [0.3, 0.4) is 0 Å². The van der Waals surface area contributed by atoms with E-state index in [1.54, 1.807) is 0 Å². The molecule has 2 unspecified atom stereocenters. The van der Waals surface area contributed by atoms with E-state index in [9.17, 15) is 43.2 Å². The van der Waals surface area contributed by atoms with Crippen molar-refractivity contribution in [1.29, 1.82) is 0 Å². The molecule has 0 fully saturated rings. The first-order chi connectivity index (χ1) is 45.9.